The van der Waals surface area contributed by atoms with Gasteiger partial charge in [0, 0.05) is 18.8 Å². The molecule has 5 nitrogen and oxygen atoms in total. The van der Waals surface area contributed by atoms with E-state index in [1.165, 1.54) is 5.56 Å². The van der Waals surface area contributed by atoms with E-state index in [0.29, 0.717) is 0 Å². The highest BCUT2D eigenvalue weighted by molar-refractivity contribution is 5.46. The maximum Gasteiger partial charge on any atom is 0.147 e. The third-order valence-electron chi connectivity index (χ3n) is 3.69. The zero-order valence-corrected chi connectivity index (χ0v) is 11.0. The average Bonchev–Trinajstić information content (AvgIpc) is 2.88. The zero-order chi connectivity index (χ0) is 13.1. The minimum absolute atomic E-state index is 0.904. The van der Waals surface area contributed by atoms with Gasteiger partial charge in [0.15, 0.2) is 0 Å². The molecule has 2 aromatic rings. The first-order chi connectivity index (χ1) is 9.33. The van der Waals surface area contributed by atoms with Crippen molar-refractivity contribution in [1.82, 2.24) is 19.7 Å². The maximum absolute atomic E-state index is 5.95. The number of fused-ring (bicyclic) bond motifs is 1. The Balaban J connectivity index is 1.50. The van der Waals surface area contributed by atoms with Gasteiger partial charge in [-0.1, -0.05) is 18.2 Å². The molecule has 0 fully saturated rings. The number of hydrogen-bond acceptors (Lipinski definition) is 4. The molecule has 1 aliphatic heterocycles. The Hall–Kier alpha value is -1.88. The van der Waals surface area contributed by atoms with Crippen LogP contribution < -0.4 is 5.73 Å². The topological polar surface area (TPSA) is 60.0 Å². The number of benzene rings is 1. The summed E-state index contributed by atoms with van der Waals surface area (Å²) in [6.07, 6.45) is 3.98. The Morgan fingerprint density at radius 3 is 3.00 bits per heavy atom. The van der Waals surface area contributed by atoms with E-state index < -0.39 is 0 Å². The van der Waals surface area contributed by atoms with Crippen molar-refractivity contribution in [2.45, 2.75) is 25.9 Å². The lowest BCUT2D eigenvalue weighted by atomic mass is 10.1. The van der Waals surface area contributed by atoms with Crippen LogP contribution in [0.25, 0.3) is 0 Å². The number of anilines is 1. The van der Waals surface area contributed by atoms with Gasteiger partial charge in [-0.15, -0.1) is 10.2 Å². The van der Waals surface area contributed by atoms with Crippen LogP contribution in [0.3, 0.4) is 0 Å². The van der Waals surface area contributed by atoms with Crippen molar-refractivity contribution in [3.63, 3.8) is 0 Å². The molecule has 0 radical (unpaired) electrons. The highest BCUT2D eigenvalue weighted by Gasteiger charge is 2.16. The Morgan fingerprint density at radius 2 is 2.11 bits per heavy atom. The number of aromatic nitrogens is 3. The summed E-state index contributed by atoms with van der Waals surface area (Å²) in [6, 6.07) is 8.12. The molecule has 5 heteroatoms. The normalized spacial score (nSPS) is 15.4. The fourth-order valence-corrected chi connectivity index (χ4v) is 2.56. The van der Waals surface area contributed by atoms with Gasteiger partial charge < -0.3 is 10.3 Å². The van der Waals surface area contributed by atoms with Gasteiger partial charge in [0.1, 0.15) is 12.2 Å². The number of nitrogens with zero attached hydrogens (tertiary/aromatic N) is 4. The molecule has 0 aliphatic carbocycles. The van der Waals surface area contributed by atoms with E-state index in [9.17, 15) is 0 Å². The van der Waals surface area contributed by atoms with E-state index in [0.717, 1.165) is 50.5 Å². The zero-order valence-electron chi connectivity index (χ0n) is 11.0. The van der Waals surface area contributed by atoms with Crippen LogP contribution >= 0.6 is 0 Å². The van der Waals surface area contributed by atoms with Crippen LogP contribution in [-0.2, 0) is 19.5 Å². The molecule has 0 amide bonds. The van der Waals surface area contributed by atoms with Gasteiger partial charge in [0.25, 0.3) is 0 Å². The van der Waals surface area contributed by atoms with Crippen molar-refractivity contribution in [1.29, 1.82) is 0 Å². The standard InChI is InChI=1S/C14H19N5/c15-13-6-2-1-4-12(13)5-3-7-18-8-9-19-11-16-17-14(19)10-18/h1-2,4,6,11H,3,5,7-10,15H2. The quantitative estimate of drug-likeness (QED) is 0.839. The Morgan fingerprint density at radius 1 is 1.21 bits per heavy atom. The van der Waals surface area contributed by atoms with Crippen molar-refractivity contribution in [3.05, 3.63) is 42.0 Å². The second-order valence-electron chi connectivity index (χ2n) is 5.02. The molecule has 100 valence electrons. The Labute approximate surface area is 113 Å². The monoisotopic (exact) mass is 257 g/mol. The van der Waals surface area contributed by atoms with E-state index in [4.69, 9.17) is 5.73 Å². The van der Waals surface area contributed by atoms with Crippen LogP contribution in [0, 0.1) is 0 Å². The predicted molar refractivity (Wildman–Crippen MR) is 74.5 cm³/mol. The van der Waals surface area contributed by atoms with E-state index in [-0.39, 0.29) is 0 Å². The fraction of sp³-hybridized carbons (Fsp3) is 0.429. The van der Waals surface area contributed by atoms with E-state index in [1.54, 1.807) is 0 Å². The van der Waals surface area contributed by atoms with E-state index in [1.807, 2.05) is 18.5 Å². The van der Waals surface area contributed by atoms with Crippen LogP contribution in [-0.4, -0.2) is 32.8 Å². The molecule has 0 saturated carbocycles. The van der Waals surface area contributed by atoms with Gasteiger partial charge in [-0.3, -0.25) is 4.90 Å². The molecule has 3 rings (SSSR count). The van der Waals surface area contributed by atoms with Gasteiger partial charge in [-0.05, 0) is 31.0 Å². The van der Waals surface area contributed by atoms with Crippen LogP contribution in [0.1, 0.15) is 17.8 Å². The minimum atomic E-state index is 0.904. The maximum atomic E-state index is 5.95. The first-order valence-corrected chi connectivity index (χ1v) is 6.75. The van der Waals surface area contributed by atoms with Crippen molar-refractivity contribution >= 4 is 5.69 Å². The number of aryl methyl sites for hydroxylation is 1. The first kappa shape index (κ1) is 12.2. The number of para-hydroxylation sites is 1. The second-order valence-corrected chi connectivity index (χ2v) is 5.02. The first-order valence-electron chi connectivity index (χ1n) is 6.75. The summed E-state index contributed by atoms with van der Waals surface area (Å²) < 4.78 is 2.13. The molecule has 1 aromatic heterocycles. The summed E-state index contributed by atoms with van der Waals surface area (Å²) >= 11 is 0. The van der Waals surface area contributed by atoms with Crippen LogP contribution in [0.2, 0.25) is 0 Å². The second kappa shape index (κ2) is 5.40. The van der Waals surface area contributed by atoms with Gasteiger partial charge in [-0.25, -0.2) is 0 Å². The average molecular weight is 257 g/mol. The van der Waals surface area contributed by atoms with Crippen LogP contribution in [0.4, 0.5) is 5.69 Å². The lowest BCUT2D eigenvalue weighted by Gasteiger charge is -2.26. The predicted octanol–water partition coefficient (Wildman–Crippen LogP) is 1.31. The number of nitrogen functional groups attached to an aromatic ring is 1. The number of nitrogens with two attached hydrogens (primary N) is 1. The lowest BCUT2D eigenvalue weighted by Crippen LogP contribution is -2.34. The van der Waals surface area contributed by atoms with E-state index >= 15 is 0 Å². The third-order valence-corrected chi connectivity index (χ3v) is 3.69. The smallest absolute Gasteiger partial charge is 0.147 e. The number of rotatable bonds is 4. The fourth-order valence-electron chi connectivity index (χ4n) is 2.56. The Bertz CT molecular complexity index is 548. The van der Waals surface area contributed by atoms with Gasteiger partial charge in [-0.2, -0.15) is 0 Å². The molecule has 0 atom stereocenters. The van der Waals surface area contributed by atoms with Gasteiger partial charge >= 0.3 is 0 Å². The molecule has 0 bridgehead atoms. The molecule has 1 aliphatic rings. The summed E-state index contributed by atoms with van der Waals surface area (Å²) in [4.78, 5) is 2.43. The largest absolute Gasteiger partial charge is 0.399 e. The van der Waals surface area contributed by atoms with Crippen molar-refractivity contribution < 1.29 is 0 Å². The highest BCUT2D eigenvalue weighted by Crippen LogP contribution is 2.14. The molecule has 0 saturated heterocycles. The molecular weight excluding hydrogens is 238 g/mol. The third kappa shape index (κ3) is 2.76. The molecular formula is C14H19N5. The van der Waals surface area contributed by atoms with Gasteiger partial charge in [0.2, 0.25) is 0 Å². The summed E-state index contributed by atoms with van der Waals surface area (Å²) in [6.45, 7) is 4.07. The molecule has 19 heavy (non-hydrogen) atoms. The summed E-state index contributed by atoms with van der Waals surface area (Å²) in [5, 5.41) is 8.09. The summed E-state index contributed by atoms with van der Waals surface area (Å²) in [5.74, 6) is 1.07. The van der Waals surface area contributed by atoms with Crippen LogP contribution in [0.5, 0.6) is 0 Å². The SMILES string of the molecule is Nc1ccccc1CCCN1CCn2cnnc2C1. The summed E-state index contributed by atoms with van der Waals surface area (Å²) in [7, 11) is 0. The van der Waals surface area contributed by atoms with Crippen LogP contribution in [0.15, 0.2) is 30.6 Å². The van der Waals surface area contributed by atoms with Gasteiger partial charge in [0.05, 0.1) is 6.54 Å². The van der Waals surface area contributed by atoms with Crippen molar-refractivity contribution in [3.8, 4) is 0 Å². The number of hydrogen-bond donors (Lipinski definition) is 1. The molecule has 2 N–H and O–H groups in total. The van der Waals surface area contributed by atoms with E-state index in [2.05, 4.69) is 31.8 Å². The lowest BCUT2D eigenvalue weighted by molar-refractivity contribution is 0.215. The highest BCUT2D eigenvalue weighted by atomic mass is 15.3. The molecule has 1 aromatic carbocycles. The Kier molecular flexibility index (Phi) is 3.46. The van der Waals surface area contributed by atoms with Crippen molar-refractivity contribution in [2.75, 3.05) is 18.8 Å². The van der Waals surface area contributed by atoms with Crippen molar-refractivity contribution in [2.24, 2.45) is 0 Å². The molecule has 2 heterocycles. The minimum Gasteiger partial charge on any atom is -0.399 e. The molecule has 0 spiro atoms. The molecule has 0 unspecified atom stereocenters. The summed E-state index contributed by atoms with van der Waals surface area (Å²) in [5.41, 5.74) is 8.11.